The fraction of sp³-hybridized carbons (Fsp3) is 0.462. The lowest BCUT2D eigenvalue weighted by molar-refractivity contribution is 0.173. The molecule has 21 heavy (non-hydrogen) atoms. The molecule has 1 fully saturated rings. The zero-order valence-electron chi connectivity index (χ0n) is 11.8. The van der Waals surface area contributed by atoms with Gasteiger partial charge < -0.3 is 10.2 Å². The van der Waals surface area contributed by atoms with Gasteiger partial charge in [-0.1, -0.05) is 0 Å². The molecule has 0 radical (unpaired) electrons. The zero-order valence-corrected chi connectivity index (χ0v) is 12.6. The second-order valence-corrected chi connectivity index (χ2v) is 6.62. The Balaban J connectivity index is 2.04. The number of urea groups is 1. The Morgan fingerprint density at radius 3 is 2.29 bits per heavy atom. The molecule has 116 valence electrons. The lowest BCUT2D eigenvalue weighted by Gasteiger charge is -2.33. The summed E-state index contributed by atoms with van der Waals surface area (Å²) in [5.74, 6) is -0.477. The first-order chi connectivity index (χ1) is 9.95. The van der Waals surface area contributed by atoms with Crippen molar-refractivity contribution in [1.29, 1.82) is 0 Å². The Kier molecular flexibility index (Phi) is 4.79. The third-order valence-electron chi connectivity index (χ3n) is 3.31. The molecule has 0 aromatic heterocycles. The summed E-state index contributed by atoms with van der Waals surface area (Å²) in [4.78, 5) is 13.3. The highest BCUT2D eigenvalue weighted by Gasteiger charge is 2.29. The molecule has 1 aromatic carbocycles. The van der Waals surface area contributed by atoms with Crippen LogP contribution < -0.4 is 5.32 Å². The number of piperazine rings is 1. The van der Waals surface area contributed by atoms with Gasteiger partial charge in [0.15, 0.2) is 0 Å². The minimum absolute atomic E-state index is 0.0651. The molecule has 0 unspecified atom stereocenters. The Labute approximate surface area is 123 Å². The van der Waals surface area contributed by atoms with Gasteiger partial charge in [0, 0.05) is 32.7 Å². The maximum Gasteiger partial charge on any atom is 0.317 e. The summed E-state index contributed by atoms with van der Waals surface area (Å²) in [7, 11) is -3.63. The van der Waals surface area contributed by atoms with Crippen LogP contribution in [0.2, 0.25) is 0 Å². The van der Waals surface area contributed by atoms with E-state index in [9.17, 15) is 17.6 Å². The van der Waals surface area contributed by atoms with E-state index in [1.165, 1.54) is 16.4 Å². The van der Waals surface area contributed by atoms with Gasteiger partial charge in [-0.15, -0.1) is 0 Å². The summed E-state index contributed by atoms with van der Waals surface area (Å²) in [5, 5.41) is 2.68. The third kappa shape index (κ3) is 3.51. The molecular formula is C13H18FN3O3S. The van der Waals surface area contributed by atoms with Crippen LogP contribution in [0.15, 0.2) is 29.2 Å². The first-order valence-corrected chi connectivity index (χ1v) is 8.17. The van der Waals surface area contributed by atoms with Crippen LogP contribution in [0.25, 0.3) is 0 Å². The largest absolute Gasteiger partial charge is 0.338 e. The van der Waals surface area contributed by atoms with Gasteiger partial charge in [-0.05, 0) is 31.2 Å². The van der Waals surface area contributed by atoms with E-state index in [0.29, 0.717) is 19.6 Å². The van der Waals surface area contributed by atoms with E-state index in [1.807, 2.05) is 6.92 Å². The maximum absolute atomic E-state index is 12.9. The van der Waals surface area contributed by atoms with Crippen molar-refractivity contribution in [3.05, 3.63) is 30.1 Å². The fourth-order valence-electron chi connectivity index (χ4n) is 2.15. The van der Waals surface area contributed by atoms with E-state index < -0.39 is 15.8 Å². The van der Waals surface area contributed by atoms with Gasteiger partial charge in [-0.2, -0.15) is 4.31 Å². The van der Waals surface area contributed by atoms with E-state index in [0.717, 1.165) is 12.1 Å². The average molecular weight is 315 g/mol. The topological polar surface area (TPSA) is 69.7 Å². The molecule has 6 nitrogen and oxygen atoms in total. The minimum Gasteiger partial charge on any atom is -0.338 e. The van der Waals surface area contributed by atoms with Crippen molar-refractivity contribution in [2.75, 3.05) is 32.7 Å². The highest BCUT2D eigenvalue weighted by Crippen LogP contribution is 2.18. The normalized spacial score (nSPS) is 16.8. The quantitative estimate of drug-likeness (QED) is 0.899. The van der Waals surface area contributed by atoms with Gasteiger partial charge in [-0.3, -0.25) is 0 Å². The van der Waals surface area contributed by atoms with Crippen LogP contribution in [-0.2, 0) is 10.0 Å². The summed E-state index contributed by atoms with van der Waals surface area (Å²) >= 11 is 0. The number of nitrogens with one attached hydrogen (secondary N) is 1. The number of amides is 2. The molecule has 1 aromatic rings. The summed E-state index contributed by atoms with van der Waals surface area (Å²) in [6.07, 6.45) is 0. The average Bonchev–Trinajstić information content (AvgIpc) is 2.48. The lowest BCUT2D eigenvalue weighted by atomic mass is 10.4. The van der Waals surface area contributed by atoms with Gasteiger partial charge in [0.25, 0.3) is 0 Å². The van der Waals surface area contributed by atoms with Crippen LogP contribution in [-0.4, -0.2) is 56.4 Å². The molecule has 8 heteroatoms. The van der Waals surface area contributed by atoms with Crippen molar-refractivity contribution in [3.63, 3.8) is 0 Å². The van der Waals surface area contributed by atoms with Crippen LogP contribution in [0.4, 0.5) is 9.18 Å². The third-order valence-corrected chi connectivity index (χ3v) is 5.22. The van der Waals surface area contributed by atoms with E-state index in [-0.39, 0.29) is 24.0 Å². The highest BCUT2D eigenvalue weighted by molar-refractivity contribution is 7.89. The van der Waals surface area contributed by atoms with Gasteiger partial charge in [0.1, 0.15) is 5.82 Å². The van der Waals surface area contributed by atoms with E-state index >= 15 is 0 Å². The summed E-state index contributed by atoms with van der Waals surface area (Å²) in [5.41, 5.74) is 0. The predicted molar refractivity (Wildman–Crippen MR) is 75.8 cm³/mol. The molecule has 1 aliphatic rings. The molecule has 2 amide bonds. The maximum atomic E-state index is 12.9. The number of hydrogen-bond donors (Lipinski definition) is 1. The second-order valence-electron chi connectivity index (χ2n) is 4.68. The molecule has 1 saturated heterocycles. The van der Waals surface area contributed by atoms with Gasteiger partial charge >= 0.3 is 6.03 Å². The molecule has 0 atom stereocenters. The van der Waals surface area contributed by atoms with Crippen molar-refractivity contribution in [2.24, 2.45) is 0 Å². The number of carbonyl (C=O) groups is 1. The number of sulfonamides is 1. The molecule has 0 bridgehead atoms. The van der Waals surface area contributed by atoms with Crippen LogP contribution >= 0.6 is 0 Å². The number of hydrogen-bond acceptors (Lipinski definition) is 3. The number of benzene rings is 1. The first kappa shape index (κ1) is 15.7. The van der Waals surface area contributed by atoms with Gasteiger partial charge in [-0.25, -0.2) is 17.6 Å². The van der Waals surface area contributed by atoms with Crippen molar-refractivity contribution in [1.82, 2.24) is 14.5 Å². The molecular weight excluding hydrogens is 297 g/mol. The summed E-state index contributed by atoms with van der Waals surface area (Å²) in [6.45, 7) is 3.51. The van der Waals surface area contributed by atoms with Crippen molar-refractivity contribution in [3.8, 4) is 0 Å². The van der Waals surface area contributed by atoms with Crippen LogP contribution in [0.1, 0.15) is 6.92 Å². The SMILES string of the molecule is CCNC(=O)N1CCN(S(=O)(=O)c2ccc(F)cc2)CC1. The Hall–Kier alpha value is -1.67. The number of carbonyl (C=O) groups excluding carboxylic acids is 1. The molecule has 0 aliphatic carbocycles. The van der Waals surface area contributed by atoms with Gasteiger partial charge in [0.2, 0.25) is 10.0 Å². The number of rotatable bonds is 3. The monoisotopic (exact) mass is 315 g/mol. The standard InChI is InChI=1S/C13H18FN3O3S/c1-2-15-13(18)16-7-9-17(10-8-16)21(19,20)12-5-3-11(14)4-6-12/h3-6H,2,7-10H2,1H3,(H,15,18). The second kappa shape index (κ2) is 6.40. The van der Waals surface area contributed by atoms with Crippen LogP contribution in [0.5, 0.6) is 0 Å². The van der Waals surface area contributed by atoms with Crippen LogP contribution in [0.3, 0.4) is 0 Å². The van der Waals surface area contributed by atoms with Crippen molar-refractivity contribution in [2.45, 2.75) is 11.8 Å². The van der Waals surface area contributed by atoms with Crippen LogP contribution in [0, 0.1) is 5.82 Å². The Morgan fingerprint density at radius 1 is 1.19 bits per heavy atom. The van der Waals surface area contributed by atoms with E-state index in [4.69, 9.17) is 0 Å². The summed E-state index contributed by atoms with van der Waals surface area (Å²) < 4.78 is 39.0. The first-order valence-electron chi connectivity index (χ1n) is 6.73. The molecule has 1 N–H and O–H groups in total. The number of nitrogens with zero attached hydrogens (tertiary/aromatic N) is 2. The fourth-order valence-corrected chi connectivity index (χ4v) is 3.57. The molecule has 1 heterocycles. The zero-order chi connectivity index (χ0) is 15.5. The van der Waals surface area contributed by atoms with Crippen molar-refractivity contribution >= 4 is 16.1 Å². The van der Waals surface area contributed by atoms with Crippen molar-refractivity contribution < 1.29 is 17.6 Å². The predicted octanol–water partition coefficient (Wildman–Crippen LogP) is 0.861. The Morgan fingerprint density at radius 2 is 1.76 bits per heavy atom. The molecule has 1 aliphatic heterocycles. The number of halogens is 1. The minimum atomic E-state index is -3.63. The van der Waals surface area contributed by atoms with E-state index in [2.05, 4.69) is 5.32 Å². The summed E-state index contributed by atoms with van der Waals surface area (Å²) in [6, 6.07) is 4.56. The lowest BCUT2D eigenvalue weighted by Crippen LogP contribution is -2.53. The molecule has 2 rings (SSSR count). The van der Waals surface area contributed by atoms with Gasteiger partial charge in [0.05, 0.1) is 4.90 Å². The smallest absolute Gasteiger partial charge is 0.317 e. The molecule has 0 saturated carbocycles. The molecule has 0 spiro atoms. The highest BCUT2D eigenvalue weighted by atomic mass is 32.2. The van der Waals surface area contributed by atoms with E-state index in [1.54, 1.807) is 4.90 Å². The Bertz CT molecular complexity index is 596.